The Labute approximate surface area is 182 Å². The predicted octanol–water partition coefficient (Wildman–Crippen LogP) is 4.35. The molecule has 1 unspecified atom stereocenters. The van der Waals surface area contributed by atoms with Crippen molar-refractivity contribution < 1.29 is 4.79 Å². The van der Waals surface area contributed by atoms with E-state index >= 15 is 0 Å². The maximum Gasteiger partial charge on any atom is 0.259 e. The number of nitrogens with one attached hydrogen (secondary N) is 2. The molecule has 5 rings (SSSR count). The molecule has 2 heterocycles. The highest BCUT2D eigenvalue weighted by atomic mass is 35.5. The van der Waals surface area contributed by atoms with Crippen molar-refractivity contribution in [2.75, 3.05) is 0 Å². The van der Waals surface area contributed by atoms with Crippen LogP contribution in [0.3, 0.4) is 0 Å². The third-order valence-electron chi connectivity index (χ3n) is 5.23. The van der Waals surface area contributed by atoms with E-state index in [0.717, 1.165) is 11.1 Å². The van der Waals surface area contributed by atoms with Crippen LogP contribution in [-0.4, -0.2) is 20.5 Å². The van der Waals surface area contributed by atoms with E-state index in [4.69, 9.17) is 11.6 Å². The van der Waals surface area contributed by atoms with Gasteiger partial charge in [0.1, 0.15) is 11.2 Å². The smallest absolute Gasteiger partial charge is 0.259 e. The van der Waals surface area contributed by atoms with Gasteiger partial charge in [0, 0.05) is 5.02 Å². The Morgan fingerprint density at radius 3 is 2.39 bits per heavy atom. The zero-order chi connectivity index (χ0) is 21.4. The summed E-state index contributed by atoms with van der Waals surface area (Å²) in [6.07, 6.45) is 1.47. The molecule has 0 radical (unpaired) electrons. The lowest BCUT2D eigenvalue weighted by atomic mass is 9.98. The number of fused-ring (bicyclic) bond motifs is 3. The number of hydrogen-bond acceptors (Lipinski definition) is 3. The molecule has 0 aliphatic carbocycles. The van der Waals surface area contributed by atoms with Gasteiger partial charge in [-0.05, 0) is 35.4 Å². The molecular weight excluding hydrogens is 412 g/mol. The molecule has 2 aromatic heterocycles. The van der Waals surface area contributed by atoms with E-state index in [-0.39, 0.29) is 17.0 Å². The van der Waals surface area contributed by atoms with Crippen molar-refractivity contribution in [3.63, 3.8) is 0 Å². The number of aromatic nitrogens is 3. The van der Waals surface area contributed by atoms with Gasteiger partial charge in [0.05, 0.1) is 23.1 Å². The Bertz CT molecular complexity index is 1460. The van der Waals surface area contributed by atoms with Crippen LogP contribution >= 0.6 is 11.6 Å². The fourth-order valence-corrected chi connectivity index (χ4v) is 3.84. The maximum absolute atomic E-state index is 13.3. The number of nitrogens with zero attached hydrogens (tertiary/aromatic N) is 2. The summed E-state index contributed by atoms with van der Waals surface area (Å²) in [6.45, 7) is 0. The molecule has 7 heteroatoms. The van der Waals surface area contributed by atoms with Gasteiger partial charge in [-0.1, -0.05) is 66.2 Å². The Kier molecular flexibility index (Phi) is 4.76. The number of aromatic amines is 1. The number of hydrogen-bond donors (Lipinski definition) is 2. The lowest BCUT2D eigenvalue weighted by Crippen LogP contribution is -2.29. The van der Waals surface area contributed by atoms with E-state index in [9.17, 15) is 9.59 Å². The standard InChI is InChI=1S/C24H17ClN4O2/c25-17-12-10-16(11-13-17)21(15-6-2-1-3-7-15)27-24(31)19-14-26-29-20-9-5-4-8-18(20)23(30)28-22(19)29/h1-14,21H,(H,27,31)(H,28,30). The van der Waals surface area contributed by atoms with Crippen LogP contribution in [0.5, 0.6) is 0 Å². The summed E-state index contributed by atoms with van der Waals surface area (Å²) in [5.74, 6) is -0.343. The molecule has 1 atom stereocenters. The van der Waals surface area contributed by atoms with E-state index in [0.29, 0.717) is 21.6 Å². The van der Waals surface area contributed by atoms with Gasteiger partial charge in [-0.15, -0.1) is 0 Å². The summed E-state index contributed by atoms with van der Waals surface area (Å²) in [4.78, 5) is 28.6. The molecule has 0 saturated carbocycles. The van der Waals surface area contributed by atoms with Crippen molar-refractivity contribution in [2.24, 2.45) is 0 Å². The number of carbonyl (C=O) groups excluding carboxylic acids is 1. The van der Waals surface area contributed by atoms with E-state index in [1.165, 1.54) is 6.20 Å². The average molecular weight is 429 g/mol. The van der Waals surface area contributed by atoms with Gasteiger partial charge < -0.3 is 10.3 Å². The molecule has 0 aliphatic heterocycles. The van der Waals surface area contributed by atoms with Crippen molar-refractivity contribution in [3.05, 3.63) is 117 Å². The zero-order valence-electron chi connectivity index (χ0n) is 16.2. The van der Waals surface area contributed by atoms with Gasteiger partial charge in [0.2, 0.25) is 0 Å². The van der Waals surface area contributed by atoms with Crippen molar-refractivity contribution in [1.29, 1.82) is 0 Å². The van der Waals surface area contributed by atoms with Gasteiger partial charge in [0.25, 0.3) is 11.5 Å². The molecule has 3 aromatic carbocycles. The molecule has 6 nitrogen and oxygen atoms in total. The van der Waals surface area contributed by atoms with Crippen LogP contribution < -0.4 is 10.9 Å². The van der Waals surface area contributed by atoms with Gasteiger partial charge >= 0.3 is 0 Å². The van der Waals surface area contributed by atoms with Gasteiger partial charge in [-0.25, -0.2) is 4.52 Å². The Morgan fingerprint density at radius 2 is 1.61 bits per heavy atom. The second kappa shape index (κ2) is 7.74. The topological polar surface area (TPSA) is 79.3 Å². The van der Waals surface area contributed by atoms with E-state index in [1.54, 1.807) is 34.8 Å². The molecule has 5 aromatic rings. The maximum atomic E-state index is 13.3. The normalized spacial score (nSPS) is 12.2. The first-order valence-corrected chi connectivity index (χ1v) is 10.1. The molecule has 31 heavy (non-hydrogen) atoms. The first-order valence-electron chi connectivity index (χ1n) is 9.72. The Hall–Kier alpha value is -3.90. The van der Waals surface area contributed by atoms with Crippen LogP contribution in [0.15, 0.2) is 89.9 Å². The molecule has 0 aliphatic rings. The summed E-state index contributed by atoms with van der Waals surface area (Å²) < 4.78 is 1.57. The highest BCUT2D eigenvalue weighted by Gasteiger charge is 2.21. The lowest BCUT2D eigenvalue weighted by Gasteiger charge is -2.20. The lowest BCUT2D eigenvalue weighted by molar-refractivity contribution is 0.0944. The number of carbonyl (C=O) groups is 1. The number of rotatable bonds is 4. The minimum atomic E-state index is -0.395. The Balaban J connectivity index is 1.58. The monoisotopic (exact) mass is 428 g/mol. The highest BCUT2D eigenvalue weighted by Crippen LogP contribution is 2.24. The molecular formula is C24H17ClN4O2. The van der Waals surface area contributed by atoms with E-state index in [1.807, 2.05) is 48.5 Å². The molecule has 2 N–H and O–H groups in total. The van der Waals surface area contributed by atoms with Crippen molar-refractivity contribution in [1.82, 2.24) is 19.9 Å². The molecule has 152 valence electrons. The third kappa shape index (κ3) is 3.47. The summed E-state index contributed by atoms with van der Waals surface area (Å²) in [5, 5.41) is 8.54. The zero-order valence-corrected chi connectivity index (χ0v) is 17.0. The van der Waals surface area contributed by atoms with Crippen LogP contribution in [-0.2, 0) is 0 Å². The minimum absolute atomic E-state index is 0.269. The molecule has 0 bridgehead atoms. The van der Waals surface area contributed by atoms with Crippen LogP contribution in [0.4, 0.5) is 0 Å². The van der Waals surface area contributed by atoms with Crippen molar-refractivity contribution in [3.8, 4) is 0 Å². The first-order chi connectivity index (χ1) is 15.1. The van der Waals surface area contributed by atoms with Crippen LogP contribution in [0.1, 0.15) is 27.5 Å². The van der Waals surface area contributed by atoms with Gasteiger partial charge in [0.15, 0.2) is 0 Å². The fourth-order valence-electron chi connectivity index (χ4n) is 3.71. The summed E-state index contributed by atoms with van der Waals surface area (Å²) >= 11 is 6.05. The average Bonchev–Trinajstić information content (AvgIpc) is 3.23. The summed E-state index contributed by atoms with van der Waals surface area (Å²) in [6, 6.07) is 23.7. The summed E-state index contributed by atoms with van der Waals surface area (Å²) in [5.41, 5.74) is 2.82. The van der Waals surface area contributed by atoms with Crippen LogP contribution in [0.25, 0.3) is 16.6 Å². The third-order valence-corrected chi connectivity index (χ3v) is 5.49. The fraction of sp³-hybridized carbons (Fsp3) is 0.0417. The van der Waals surface area contributed by atoms with Crippen LogP contribution in [0.2, 0.25) is 5.02 Å². The highest BCUT2D eigenvalue weighted by molar-refractivity contribution is 6.30. The van der Waals surface area contributed by atoms with E-state index < -0.39 is 6.04 Å². The molecule has 1 amide bonds. The van der Waals surface area contributed by atoms with E-state index in [2.05, 4.69) is 15.4 Å². The molecule has 0 fully saturated rings. The quantitative estimate of drug-likeness (QED) is 0.446. The SMILES string of the molecule is O=C(NC(c1ccccc1)c1ccc(Cl)cc1)c1cnn2c1[nH]c(=O)c1ccccc12. The predicted molar refractivity (Wildman–Crippen MR) is 121 cm³/mol. The van der Waals surface area contributed by atoms with Gasteiger partial charge in [-0.2, -0.15) is 5.10 Å². The number of para-hydroxylation sites is 1. The molecule has 0 spiro atoms. The van der Waals surface area contributed by atoms with Crippen molar-refractivity contribution >= 4 is 34.1 Å². The number of halogens is 1. The minimum Gasteiger partial charge on any atom is -0.341 e. The summed E-state index contributed by atoms with van der Waals surface area (Å²) in [7, 11) is 0. The second-order valence-corrected chi connectivity index (χ2v) is 7.60. The van der Waals surface area contributed by atoms with Crippen molar-refractivity contribution in [2.45, 2.75) is 6.04 Å². The largest absolute Gasteiger partial charge is 0.341 e. The number of H-pyrrole nitrogens is 1. The number of amides is 1. The first kappa shape index (κ1) is 19.1. The molecule has 0 saturated heterocycles. The Morgan fingerprint density at radius 1 is 0.935 bits per heavy atom. The van der Waals surface area contributed by atoms with Gasteiger partial charge in [-0.3, -0.25) is 9.59 Å². The number of benzene rings is 3. The van der Waals surface area contributed by atoms with Crippen LogP contribution in [0, 0.1) is 0 Å². The second-order valence-electron chi connectivity index (χ2n) is 7.16.